The van der Waals surface area contributed by atoms with Crippen molar-refractivity contribution in [3.63, 3.8) is 0 Å². The van der Waals surface area contributed by atoms with Crippen LogP contribution in [0.25, 0.3) is 0 Å². The van der Waals surface area contributed by atoms with Crippen LogP contribution < -0.4 is 5.32 Å². The average Bonchev–Trinajstić information content (AvgIpc) is 2.26. The van der Waals surface area contributed by atoms with Crippen molar-refractivity contribution in [1.82, 2.24) is 5.32 Å². The molecule has 92 valence electrons. The third-order valence-corrected chi connectivity index (χ3v) is 1.85. The van der Waals surface area contributed by atoms with Gasteiger partial charge in [0.15, 0.2) is 0 Å². The van der Waals surface area contributed by atoms with E-state index in [0.717, 1.165) is 45.9 Å². The maximum absolute atomic E-state index is 5.34. The zero-order valence-corrected chi connectivity index (χ0v) is 10.1. The van der Waals surface area contributed by atoms with Gasteiger partial charge in [-0.05, 0) is 26.8 Å². The molecule has 0 unspecified atom stereocenters. The highest BCUT2D eigenvalue weighted by molar-refractivity contribution is 4.46. The van der Waals surface area contributed by atoms with Crippen LogP contribution in [-0.2, 0) is 14.2 Å². The van der Waals surface area contributed by atoms with Crippen LogP contribution in [0.1, 0.15) is 20.3 Å². The lowest BCUT2D eigenvalue weighted by atomic mass is 10.4. The molecule has 0 saturated carbocycles. The molecule has 4 nitrogen and oxygen atoms in total. The second kappa shape index (κ2) is 13.8. The average molecular weight is 219 g/mol. The van der Waals surface area contributed by atoms with Gasteiger partial charge in [0, 0.05) is 26.4 Å². The molecule has 0 rings (SSSR count). The lowest BCUT2D eigenvalue weighted by Crippen LogP contribution is -2.22. The maximum Gasteiger partial charge on any atom is 0.0701 e. The van der Waals surface area contributed by atoms with Gasteiger partial charge < -0.3 is 19.5 Å². The van der Waals surface area contributed by atoms with E-state index in [2.05, 4.69) is 5.32 Å². The molecule has 0 saturated heterocycles. The summed E-state index contributed by atoms with van der Waals surface area (Å²) in [5.74, 6) is 0. The van der Waals surface area contributed by atoms with Crippen molar-refractivity contribution in [1.29, 1.82) is 0 Å². The van der Waals surface area contributed by atoms with Crippen molar-refractivity contribution in [2.45, 2.75) is 20.3 Å². The van der Waals surface area contributed by atoms with Gasteiger partial charge in [-0.2, -0.15) is 0 Å². The van der Waals surface area contributed by atoms with Gasteiger partial charge in [-0.1, -0.05) is 0 Å². The van der Waals surface area contributed by atoms with Crippen LogP contribution in [0.2, 0.25) is 0 Å². The Labute approximate surface area is 93.3 Å². The van der Waals surface area contributed by atoms with Gasteiger partial charge in [0.2, 0.25) is 0 Å². The number of rotatable bonds is 12. The topological polar surface area (TPSA) is 39.7 Å². The van der Waals surface area contributed by atoms with E-state index in [-0.39, 0.29) is 0 Å². The minimum absolute atomic E-state index is 0.689. The first-order chi connectivity index (χ1) is 7.41. The van der Waals surface area contributed by atoms with E-state index in [9.17, 15) is 0 Å². The van der Waals surface area contributed by atoms with E-state index >= 15 is 0 Å². The van der Waals surface area contributed by atoms with Gasteiger partial charge in [-0.15, -0.1) is 0 Å². The molecular weight excluding hydrogens is 194 g/mol. The minimum Gasteiger partial charge on any atom is -0.382 e. The second-order valence-corrected chi connectivity index (χ2v) is 3.11. The monoisotopic (exact) mass is 219 g/mol. The molecule has 15 heavy (non-hydrogen) atoms. The molecule has 0 aliphatic carbocycles. The quantitative estimate of drug-likeness (QED) is 0.498. The summed E-state index contributed by atoms with van der Waals surface area (Å²) >= 11 is 0. The molecule has 0 aromatic rings. The lowest BCUT2D eigenvalue weighted by molar-refractivity contribution is 0.0538. The summed E-state index contributed by atoms with van der Waals surface area (Å²) in [7, 11) is 0. The van der Waals surface area contributed by atoms with Gasteiger partial charge in [-0.3, -0.25) is 0 Å². The Hall–Kier alpha value is -0.160. The third-order valence-electron chi connectivity index (χ3n) is 1.85. The summed E-state index contributed by atoms with van der Waals surface area (Å²) in [5.41, 5.74) is 0. The normalized spacial score (nSPS) is 10.8. The highest BCUT2D eigenvalue weighted by Crippen LogP contribution is 1.81. The fourth-order valence-electron chi connectivity index (χ4n) is 1.08. The molecular formula is C11H25NO3. The van der Waals surface area contributed by atoms with Crippen LogP contribution in [0, 0.1) is 0 Å². The number of ether oxygens (including phenoxy) is 3. The molecule has 4 heteroatoms. The summed E-state index contributed by atoms with van der Waals surface area (Å²) in [6.45, 7) is 10.4. The predicted molar refractivity (Wildman–Crippen MR) is 61.3 cm³/mol. The standard InChI is InChI=1S/C11H25NO3/c1-3-13-8-5-6-12-7-9-15-11-10-14-4-2/h12H,3-11H2,1-2H3. The van der Waals surface area contributed by atoms with Crippen LogP contribution in [0.3, 0.4) is 0 Å². The second-order valence-electron chi connectivity index (χ2n) is 3.11. The Bertz CT molecular complexity index is 100. The van der Waals surface area contributed by atoms with Crippen LogP contribution in [0.4, 0.5) is 0 Å². The SMILES string of the molecule is CCOCCCNCCOCCOCC. The van der Waals surface area contributed by atoms with Crippen LogP contribution in [-0.4, -0.2) is 52.7 Å². The van der Waals surface area contributed by atoms with Gasteiger partial charge in [0.1, 0.15) is 0 Å². The van der Waals surface area contributed by atoms with Gasteiger partial charge in [0.05, 0.1) is 19.8 Å². The van der Waals surface area contributed by atoms with E-state index in [0.29, 0.717) is 13.2 Å². The fourth-order valence-corrected chi connectivity index (χ4v) is 1.08. The van der Waals surface area contributed by atoms with E-state index in [4.69, 9.17) is 14.2 Å². The van der Waals surface area contributed by atoms with Crippen molar-refractivity contribution in [2.24, 2.45) is 0 Å². The highest BCUT2D eigenvalue weighted by atomic mass is 16.5. The molecule has 0 radical (unpaired) electrons. The van der Waals surface area contributed by atoms with Crippen molar-refractivity contribution in [3.05, 3.63) is 0 Å². The van der Waals surface area contributed by atoms with Gasteiger partial charge >= 0.3 is 0 Å². The third kappa shape index (κ3) is 13.8. The number of nitrogens with one attached hydrogen (secondary N) is 1. The molecule has 0 atom stereocenters. The summed E-state index contributed by atoms with van der Waals surface area (Å²) < 4.78 is 15.7. The number of hydrogen-bond donors (Lipinski definition) is 1. The molecule has 0 amide bonds. The number of hydrogen-bond acceptors (Lipinski definition) is 4. The first-order valence-electron chi connectivity index (χ1n) is 5.85. The van der Waals surface area contributed by atoms with Crippen molar-refractivity contribution in [2.75, 3.05) is 52.7 Å². The molecule has 1 N–H and O–H groups in total. The Balaban J connectivity index is 2.81. The minimum atomic E-state index is 0.689. The van der Waals surface area contributed by atoms with Crippen molar-refractivity contribution >= 4 is 0 Å². The van der Waals surface area contributed by atoms with E-state index in [1.165, 1.54) is 0 Å². The van der Waals surface area contributed by atoms with Gasteiger partial charge in [0.25, 0.3) is 0 Å². The molecule has 0 aliphatic heterocycles. The maximum atomic E-state index is 5.34. The lowest BCUT2D eigenvalue weighted by Gasteiger charge is -2.06. The van der Waals surface area contributed by atoms with Gasteiger partial charge in [-0.25, -0.2) is 0 Å². The Morgan fingerprint density at radius 1 is 0.733 bits per heavy atom. The first-order valence-corrected chi connectivity index (χ1v) is 5.85. The van der Waals surface area contributed by atoms with E-state index in [1.807, 2.05) is 13.8 Å². The smallest absolute Gasteiger partial charge is 0.0701 e. The summed E-state index contributed by atoms with van der Waals surface area (Å²) in [4.78, 5) is 0. The Kier molecular flexibility index (Phi) is 13.7. The summed E-state index contributed by atoms with van der Waals surface area (Å²) in [6.07, 6.45) is 1.06. The zero-order valence-electron chi connectivity index (χ0n) is 10.1. The largest absolute Gasteiger partial charge is 0.382 e. The molecule has 0 heterocycles. The molecule has 0 aromatic carbocycles. The molecule has 0 fully saturated rings. The Morgan fingerprint density at radius 3 is 2.13 bits per heavy atom. The van der Waals surface area contributed by atoms with Crippen molar-refractivity contribution in [3.8, 4) is 0 Å². The fraction of sp³-hybridized carbons (Fsp3) is 1.00. The summed E-state index contributed by atoms with van der Waals surface area (Å²) in [5, 5.41) is 3.29. The highest BCUT2D eigenvalue weighted by Gasteiger charge is 1.90. The molecule has 0 spiro atoms. The Morgan fingerprint density at radius 2 is 1.40 bits per heavy atom. The molecule has 0 bridgehead atoms. The predicted octanol–water partition coefficient (Wildman–Crippen LogP) is 1.06. The molecule has 0 aromatic heterocycles. The molecule has 0 aliphatic rings. The van der Waals surface area contributed by atoms with E-state index < -0.39 is 0 Å². The first kappa shape index (κ1) is 14.8. The summed E-state index contributed by atoms with van der Waals surface area (Å²) in [6, 6.07) is 0. The van der Waals surface area contributed by atoms with Crippen molar-refractivity contribution < 1.29 is 14.2 Å². The van der Waals surface area contributed by atoms with Crippen LogP contribution in [0.15, 0.2) is 0 Å². The van der Waals surface area contributed by atoms with E-state index in [1.54, 1.807) is 0 Å². The van der Waals surface area contributed by atoms with Crippen LogP contribution >= 0.6 is 0 Å². The zero-order chi connectivity index (χ0) is 11.2. The van der Waals surface area contributed by atoms with Crippen LogP contribution in [0.5, 0.6) is 0 Å².